The first-order chi connectivity index (χ1) is 11.6. The molecule has 1 aromatic heterocycles. The first kappa shape index (κ1) is 16.3. The Labute approximate surface area is 138 Å². The minimum Gasteiger partial charge on any atom is -0.392 e. The number of aliphatic hydroxyl groups is 1. The highest BCUT2D eigenvalue weighted by Crippen LogP contribution is 2.22. The number of pyridine rings is 1. The number of carbonyl (C=O) groups is 1. The van der Waals surface area contributed by atoms with E-state index in [4.69, 9.17) is 0 Å². The number of nitrogens with zero attached hydrogens (tertiary/aromatic N) is 3. The summed E-state index contributed by atoms with van der Waals surface area (Å²) in [6.07, 6.45) is 3.26. The third-order valence-corrected chi connectivity index (χ3v) is 4.12. The summed E-state index contributed by atoms with van der Waals surface area (Å²) in [6.45, 7) is 1.85. The fourth-order valence-electron chi connectivity index (χ4n) is 2.83. The first-order valence-electron chi connectivity index (χ1n) is 7.63. The van der Waals surface area contributed by atoms with E-state index in [2.05, 4.69) is 9.88 Å². The average molecular weight is 333 g/mol. The molecule has 1 aliphatic heterocycles. The maximum Gasteiger partial charge on any atom is 0.256 e. The molecular weight excluding hydrogens is 316 g/mol. The normalized spacial score (nSPS) is 14.8. The van der Waals surface area contributed by atoms with Crippen LogP contribution in [0.2, 0.25) is 0 Å². The molecule has 0 unspecified atom stereocenters. The highest BCUT2D eigenvalue weighted by molar-refractivity contribution is 5.94. The number of halogens is 2. The molecule has 2 heterocycles. The molecular formula is C17H17F2N3O2. The number of aromatic nitrogens is 1. The predicted molar refractivity (Wildman–Crippen MR) is 84.6 cm³/mol. The van der Waals surface area contributed by atoms with Gasteiger partial charge in [0.1, 0.15) is 11.6 Å². The smallest absolute Gasteiger partial charge is 0.256 e. The van der Waals surface area contributed by atoms with E-state index in [-0.39, 0.29) is 12.2 Å². The number of aliphatic hydroxyl groups excluding tert-OH is 1. The molecule has 1 amide bonds. The molecule has 1 aromatic carbocycles. The number of benzene rings is 1. The van der Waals surface area contributed by atoms with Crippen LogP contribution in [0.15, 0.2) is 36.7 Å². The van der Waals surface area contributed by atoms with Gasteiger partial charge in [0.15, 0.2) is 0 Å². The van der Waals surface area contributed by atoms with Crippen molar-refractivity contribution in [3.8, 4) is 0 Å². The Bertz CT molecular complexity index is 746. The van der Waals surface area contributed by atoms with Crippen LogP contribution >= 0.6 is 0 Å². The van der Waals surface area contributed by atoms with Crippen LogP contribution in [-0.2, 0) is 6.61 Å². The fourth-order valence-corrected chi connectivity index (χ4v) is 2.83. The van der Waals surface area contributed by atoms with Crippen LogP contribution in [0, 0.1) is 11.6 Å². The number of carbonyl (C=O) groups excluding carboxylic acids is 1. The monoisotopic (exact) mass is 333 g/mol. The number of anilines is 1. The number of hydrogen-bond acceptors (Lipinski definition) is 4. The molecule has 0 saturated carbocycles. The first-order valence-corrected chi connectivity index (χ1v) is 7.63. The summed E-state index contributed by atoms with van der Waals surface area (Å²) in [4.78, 5) is 20.0. The minimum absolute atomic E-state index is 0.108. The zero-order chi connectivity index (χ0) is 17.1. The molecule has 5 nitrogen and oxygen atoms in total. The van der Waals surface area contributed by atoms with Crippen LogP contribution in [0.3, 0.4) is 0 Å². The molecule has 24 heavy (non-hydrogen) atoms. The maximum absolute atomic E-state index is 13.8. The Morgan fingerprint density at radius 3 is 2.58 bits per heavy atom. The Hall–Kier alpha value is -2.54. The quantitative estimate of drug-likeness (QED) is 0.931. The van der Waals surface area contributed by atoms with Crippen LogP contribution in [0.1, 0.15) is 15.9 Å². The topological polar surface area (TPSA) is 56.7 Å². The fraction of sp³-hybridized carbons (Fsp3) is 0.294. The van der Waals surface area contributed by atoms with Crippen LogP contribution in [0.5, 0.6) is 0 Å². The highest BCUT2D eigenvalue weighted by Gasteiger charge is 2.25. The SMILES string of the molecule is O=C(c1ccc(F)cc1F)N1CCN(c2ccncc2CO)CC1. The molecule has 0 bridgehead atoms. The van der Waals surface area contributed by atoms with Gasteiger partial charge in [0.2, 0.25) is 0 Å². The van der Waals surface area contributed by atoms with Crippen molar-refractivity contribution in [1.82, 2.24) is 9.88 Å². The molecule has 0 spiro atoms. The molecule has 1 N–H and O–H groups in total. The van der Waals surface area contributed by atoms with E-state index in [0.717, 1.165) is 17.3 Å². The molecule has 7 heteroatoms. The molecule has 0 atom stereocenters. The molecule has 126 valence electrons. The third-order valence-electron chi connectivity index (χ3n) is 4.12. The van der Waals surface area contributed by atoms with E-state index in [0.29, 0.717) is 32.2 Å². The molecule has 0 radical (unpaired) electrons. The predicted octanol–water partition coefficient (Wildman–Crippen LogP) is 1.81. The van der Waals surface area contributed by atoms with Crippen molar-refractivity contribution >= 4 is 11.6 Å². The lowest BCUT2D eigenvalue weighted by Gasteiger charge is -2.36. The third kappa shape index (κ3) is 3.21. The molecule has 0 aliphatic carbocycles. The van der Waals surface area contributed by atoms with E-state index in [9.17, 15) is 18.7 Å². The summed E-state index contributed by atoms with van der Waals surface area (Å²) in [5.74, 6) is -1.99. The van der Waals surface area contributed by atoms with Crippen molar-refractivity contribution in [3.63, 3.8) is 0 Å². The number of hydrogen-bond donors (Lipinski definition) is 1. The largest absolute Gasteiger partial charge is 0.392 e. The van der Waals surface area contributed by atoms with E-state index in [1.54, 1.807) is 17.3 Å². The van der Waals surface area contributed by atoms with Gasteiger partial charge in [-0.2, -0.15) is 0 Å². The molecule has 1 saturated heterocycles. The summed E-state index contributed by atoms with van der Waals surface area (Å²) < 4.78 is 26.7. The lowest BCUT2D eigenvalue weighted by atomic mass is 10.1. The van der Waals surface area contributed by atoms with E-state index in [1.165, 1.54) is 6.07 Å². The van der Waals surface area contributed by atoms with Gasteiger partial charge in [-0.1, -0.05) is 0 Å². The van der Waals surface area contributed by atoms with Gasteiger partial charge < -0.3 is 14.9 Å². The lowest BCUT2D eigenvalue weighted by Crippen LogP contribution is -2.49. The summed E-state index contributed by atoms with van der Waals surface area (Å²) in [5.41, 5.74) is 1.49. The standard InChI is InChI=1S/C17H17F2N3O2/c18-13-1-2-14(15(19)9-13)17(24)22-7-5-21(6-8-22)16-3-4-20-10-12(16)11-23/h1-4,9-10,23H,5-8,11H2. The highest BCUT2D eigenvalue weighted by atomic mass is 19.1. The second kappa shape index (κ2) is 6.92. The van der Waals surface area contributed by atoms with E-state index >= 15 is 0 Å². The lowest BCUT2D eigenvalue weighted by molar-refractivity contribution is 0.0742. The average Bonchev–Trinajstić information content (AvgIpc) is 2.61. The molecule has 3 rings (SSSR count). The second-order valence-corrected chi connectivity index (χ2v) is 5.57. The zero-order valence-electron chi connectivity index (χ0n) is 13.0. The zero-order valence-corrected chi connectivity index (χ0v) is 13.0. The van der Waals surface area contributed by atoms with Gasteiger partial charge in [-0.05, 0) is 18.2 Å². The minimum atomic E-state index is -0.848. The number of piperazine rings is 1. The van der Waals surface area contributed by atoms with Crippen LogP contribution < -0.4 is 4.90 Å². The van der Waals surface area contributed by atoms with Crippen LogP contribution in [-0.4, -0.2) is 47.1 Å². The van der Waals surface area contributed by atoms with Crippen molar-refractivity contribution < 1.29 is 18.7 Å². The van der Waals surface area contributed by atoms with Gasteiger partial charge in [-0.15, -0.1) is 0 Å². The van der Waals surface area contributed by atoms with Gasteiger partial charge in [0.05, 0.1) is 12.2 Å². The van der Waals surface area contributed by atoms with Crippen molar-refractivity contribution in [2.24, 2.45) is 0 Å². The molecule has 1 aliphatic rings. The summed E-state index contributed by atoms with van der Waals surface area (Å²) in [5, 5.41) is 9.39. The second-order valence-electron chi connectivity index (χ2n) is 5.57. The van der Waals surface area contributed by atoms with Crippen LogP contribution in [0.4, 0.5) is 14.5 Å². The van der Waals surface area contributed by atoms with Gasteiger partial charge in [0, 0.05) is 55.9 Å². The molecule has 1 fully saturated rings. The molecule has 2 aromatic rings. The van der Waals surface area contributed by atoms with Crippen molar-refractivity contribution in [2.75, 3.05) is 31.1 Å². The van der Waals surface area contributed by atoms with Crippen molar-refractivity contribution in [1.29, 1.82) is 0 Å². The van der Waals surface area contributed by atoms with Crippen LogP contribution in [0.25, 0.3) is 0 Å². The summed E-state index contributed by atoms with van der Waals surface area (Å²) in [7, 11) is 0. The van der Waals surface area contributed by atoms with E-state index in [1.807, 2.05) is 6.07 Å². The summed E-state index contributed by atoms with van der Waals surface area (Å²) in [6, 6.07) is 4.79. The van der Waals surface area contributed by atoms with Gasteiger partial charge in [0.25, 0.3) is 5.91 Å². The Morgan fingerprint density at radius 2 is 1.92 bits per heavy atom. The Kier molecular flexibility index (Phi) is 4.71. The van der Waals surface area contributed by atoms with Gasteiger partial charge in [-0.25, -0.2) is 8.78 Å². The van der Waals surface area contributed by atoms with Gasteiger partial charge >= 0.3 is 0 Å². The Balaban J connectivity index is 1.69. The van der Waals surface area contributed by atoms with Gasteiger partial charge in [-0.3, -0.25) is 9.78 Å². The number of amides is 1. The number of rotatable bonds is 3. The summed E-state index contributed by atoms with van der Waals surface area (Å²) >= 11 is 0. The van der Waals surface area contributed by atoms with Crippen molar-refractivity contribution in [2.45, 2.75) is 6.61 Å². The maximum atomic E-state index is 13.8. The van der Waals surface area contributed by atoms with E-state index < -0.39 is 17.5 Å². The van der Waals surface area contributed by atoms with Crippen molar-refractivity contribution in [3.05, 3.63) is 59.4 Å². The Morgan fingerprint density at radius 1 is 1.17 bits per heavy atom.